The van der Waals surface area contributed by atoms with Gasteiger partial charge in [-0.1, -0.05) is 17.7 Å². The summed E-state index contributed by atoms with van der Waals surface area (Å²) in [4.78, 5) is 18.1. The number of hydrogen-bond acceptors (Lipinski definition) is 4. The average Bonchev–Trinajstić information content (AvgIpc) is 2.34. The van der Waals surface area contributed by atoms with E-state index in [2.05, 4.69) is 15.9 Å². The van der Waals surface area contributed by atoms with Crippen molar-refractivity contribution >= 4 is 17.3 Å². The third kappa shape index (κ3) is 3.82. The monoisotopic (exact) mass is 265 g/mol. The molecule has 5 nitrogen and oxygen atoms in total. The van der Waals surface area contributed by atoms with E-state index in [9.17, 15) is 10.1 Å². The highest BCUT2D eigenvalue weighted by Crippen LogP contribution is 2.22. The number of nitro groups is 1. The van der Waals surface area contributed by atoms with E-state index in [1.165, 1.54) is 7.05 Å². The highest BCUT2D eigenvalue weighted by Gasteiger charge is 2.21. The Bertz CT molecular complexity index is 491. The Labute approximate surface area is 110 Å². The molecule has 6 heteroatoms. The van der Waals surface area contributed by atoms with Crippen LogP contribution in [0.3, 0.4) is 0 Å². The maximum Gasteiger partial charge on any atom is 0.241 e. The number of pyridine rings is 1. The summed E-state index contributed by atoms with van der Waals surface area (Å²) in [6, 6.07) is 3.38. The predicted molar refractivity (Wildman–Crippen MR) is 70.7 cm³/mol. The SMILES string of the molecule is C#CCC(C(C[N+](=O)[O-])=NC)c1ccc(Cl)nc1. The number of aromatic nitrogens is 1. The van der Waals surface area contributed by atoms with E-state index >= 15 is 0 Å². The number of aliphatic imine (C=N–C) groups is 1. The molecule has 1 atom stereocenters. The number of halogens is 1. The van der Waals surface area contributed by atoms with Gasteiger partial charge < -0.3 is 0 Å². The molecule has 1 rings (SSSR count). The zero-order valence-corrected chi connectivity index (χ0v) is 10.6. The van der Waals surface area contributed by atoms with Gasteiger partial charge in [-0.05, 0) is 11.6 Å². The van der Waals surface area contributed by atoms with Crippen LogP contribution in [0.4, 0.5) is 0 Å². The molecule has 0 saturated carbocycles. The van der Waals surface area contributed by atoms with Gasteiger partial charge in [0, 0.05) is 30.5 Å². The van der Waals surface area contributed by atoms with Crippen LogP contribution in [0.15, 0.2) is 23.3 Å². The van der Waals surface area contributed by atoms with Gasteiger partial charge in [0.05, 0.1) is 5.71 Å². The molecule has 1 aromatic heterocycles. The molecule has 94 valence electrons. The van der Waals surface area contributed by atoms with Crippen LogP contribution in [-0.4, -0.2) is 29.2 Å². The first-order chi connectivity index (χ1) is 8.58. The van der Waals surface area contributed by atoms with E-state index in [-0.39, 0.29) is 12.5 Å². The first kappa shape index (κ1) is 14.1. The largest absolute Gasteiger partial charge is 0.290 e. The molecule has 0 bridgehead atoms. The van der Waals surface area contributed by atoms with Crippen LogP contribution in [0.2, 0.25) is 5.15 Å². The van der Waals surface area contributed by atoms with Crippen molar-refractivity contribution in [1.29, 1.82) is 0 Å². The Hall–Kier alpha value is -1.93. The van der Waals surface area contributed by atoms with Crippen LogP contribution in [-0.2, 0) is 0 Å². The smallest absolute Gasteiger partial charge is 0.241 e. The normalized spacial score (nSPS) is 12.8. The van der Waals surface area contributed by atoms with Gasteiger partial charge >= 0.3 is 0 Å². The number of hydrogen-bond donors (Lipinski definition) is 0. The van der Waals surface area contributed by atoms with Gasteiger partial charge in [-0.15, -0.1) is 12.3 Å². The Balaban J connectivity index is 3.05. The molecule has 0 amide bonds. The van der Waals surface area contributed by atoms with E-state index in [1.54, 1.807) is 18.3 Å². The zero-order chi connectivity index (χ0) is 13.5. The second kappa shape index (κ2) is 6.72. The molecule has 0 aliphatic heterocycles. The van der Waals surface area contributed by atoms with Gasteiger partial charge in [0.15, 0.2) is 0 Å². The maximum absolute atomic E-state index is 10.6. The lowest BCUT2D eigenvalue weighted by molar-refractivity contribution is -0.463. The van der Waals surface area contributed by atoms with Crippen molar-refractivity contribution in [2.24, 2.45) is 4.99 Å². The molecule has 18 heavy (non-hydrogen) atoms. The summed E-state index contributed by atoms with van der Waals surface area (Å²) in [5.41, 5.74) is 1.21. The highest BCUT2D eigenvalue weighted by atomic mass is 35.5. The van der Waals surface area contributed by atoms with Gasteiger partial charge in [-0.25, -0.2) is 4.98 Å². The third-order valence-corrected chi connectivity index (χ3v) is 2.68. The molecular weight excluding hydrogens is 254 g/mol. The van der Waals surface area contributed by atoms with E-state index < -0.39 is 4.92 Å². The summed E-state index contributed by atoms with van der Waals surface area (Å²) in [7, 11) is 1.52. The standard InChI is InChI=1S/C12H12ClN3O2/c1-3-4-10(11(14-2)8-16(17)18)9-5-6-12(13)15-7-9/h1,5-7,10H,4,8H2,2H3. The van der Waals surface area contributed by atoms with Crippen molar-refractivity contribution in [2.45, 2.75) is 12.3 Å². The molecule has 1 heterocycles. The third-order valence-electron chi connectivity index (χ3n) is 2.46. The zero-order valence-electron chi connectivity index (χ0n) is 9.84. The summed E-state index contributed by atoms with van der Waals surface area (Å²) >= 11 is 5.70. The maximum atomic E-state index is 10.6. The molecule has 0 radical (unpaired) electrons. The number of terminal acetylenes is 1. The van der Waals surface area contributed by atoms with E-state index in [0.717, 1.165) is 5.56 Å². The molecule has 0 aliphatic carbocycles. The van der Waals surface area contributed by atoms with Gasteiger partial charge in [0.25, 0.3) is 0 Å². The number of nitrogens with zero attached hydrogens (tertiary/aromatic N) is 3. The second-order valence-electron chi connectivity index (χ2n) is 3.58. The van der Waals surface area contributed by atoms with Gasteiger partial charge in [0.1, 0.15) is 5.15 Å². The predicted octanol–water partition coefficient (Wildman–Crippen LogP) is 2.19. The van der Waals surface area contributed by atoms with E-state index in [0.29, 0.717) is 17.3 Å². The van der Waals surface area contributed by atoms with E-state index in [4.69, 9.17) is 18.0 Å². The summed E-state index contributed by atoms with van der Waals surface area (Å²) < 4.78 is 0. The second-order valence-corrected chi connectivity index (χ2v) is 3.97. The lowest BCUT2D eigenvalue weighted by atomic mass is 9.92. The molecule has 0 N–H and O–H groups in total. The summed E-state index contributed by atoms with van der Waals surface area (Å²) in [5, 5.41) is 11.0. The van der Waals surface area contributed by atoms with Crippen LogP contribution < -0.4 is 0 Å². The van der Waals surface area contributed by atoms with Crippen LogP contribution in [0.5, 0.6) is 0 Å². The molecule has 0 saturated heterocycles. The first-order valence-electron chi connectivity index (χ1n) is 5.20. The quantitative estimate of drug-likeness (QED) is 0.269. The van der Waals surface area contributed by atoms with Crippen molar-refractivity contribution in [2.75, 3.05) is 13.6 Å². The van der Waals surface area contributed by atoms with Crippen molar-refractivity contribution < 1.29 is 4.92 Å². The minimum Gasteiger partial charge on any atom is -0.290 e. The van der Waals surface area contributed by atoms with Crippen LogP contribution in [0.1, 0.15) is 17.9 Å². The summed E-state index contributed by atoms with van der Waals surface area (Å²) in [6.45, 7) is -0.328. The fraction of sp³-hybridized carbons (Fsp3) is 0.333. The van der Waals surface area contributed by atoms with Gasteiger partial charge in [0.2, 0.25) is 6.54 Å². The lowest BCUT2D eigenvalue weighted by Crippen LogP contribution is -2.22. The minimum absolute atomic E-state index is 0.296. The Morgan fingerprint density at radius 3 is 2.89 bits per heavy atom. The minimum atomic E-state index is -0.421. The van der Waals surface area contributed by atoms with Gasteiger partial charge in [-0.3, -0.25) is 15.1 Å². The molecular formula is C12H12ClN3O2. The Kier molecular flexibility index (Phi) is 5.28. The Morgan fingerprint density at radius 2 is 2.44 bits per heavy atom. The highest BCUT2D eigenvalue weighted by molar-refractivity contribution is 6.29. The van der Waals surface area contributed by atoms with Crippen LogP contribution >= 0.6 is 11.6 Å². The van der Waals surface area contributed by atoms with Crippen molar-refractivity contribution in [3.63, 3.8) is 0 Å². The summed E-state index contributed by atoms with van der Waals surface area (Å²) in [6.07, 6.45) is 7.20. The topological polar surface area (TPSA) is 68.4 Å². The molecule has 0 aromatic carbocycles. The fourth-order valence-electron chi connectivity index (χ4n) is 1.61. The molecule has 1 unspecified atom stereocenters. The molecule has 0 aliphatic rings. The molecule has 1 aromatic rings. The van der Waals surface area contributed by atoms with Crippen molar-refractivity contribution in [3.8, 4) is 12.3 Å². The van der Waals surface area contributed by atoms with Crippen molar-refractivity contribution in [3.05, 3.63) is 39.2 Å². The number of rotatable bonds is 5. The fourth-order valence-corrected chi connectivity index (χ4v) is 1.72. The first-order valence-corrected chi connectivity index (χ1v) is 5.58. The van der Waals surface area contributed by atoms with Gasteiger partial charge in [-0.2, -0.15) is 0 Å². The Morgan fingerprint density at radius 1 is 1.72 bits per heavy atom. The van der Waals surface area contributed by atoms with Crippen molar-refractivity contribution in [1.82, 2.24) is 4.98 Å². The van der Waals surface area contributed by atoms with Crippen LogP contribution in [0.25, 0.3) is 0 Å². The van der Waals surface area contributed by atoms with E-state index in [1.807, 2.05) is 0 Å². The summed E-state index contributed by atoms with van der Waals surface area (Å²) in [5.74, 6) is 2.21. The molecule has 0 fully saturated rings. The molecule has 0 spiro atoms. The average molecular weight is 266 g/mol. The lowest BCUT2D eigenvalue weighted by Gasteiger charge is -2.14. The van der Waals surface area contributed by atoms with Crippen LogP contribution in [0, 0.1) is 22.5 Å².